The van der Waals surface area contributed by atoms with E-state index >= 15 is 0 Å². The van der Waals surface area contributed by atoms with Crippen molar-refractivity contribution in [3.05, 3.63) is 48.4 Å². The van der Waals surface area contributed by atoms with Crippen molar-refractivity contribution in [1.29, 1.82) is 0 Å². The predicted molar refractivity (Wildman–Crippen MR) is 98.1 cm³/mol. The van der Waals surface area contributed by atoms with Crippen molar-refractivity contribution >= 4 is 23.7 Å². The molecule has 7 nitrogen and oxygen atoms in total. The molecule has 1 aliphatic rings. The molecule has 3 aromatic rings. The molecule has 2 heterocycles. The molecule has 0 unspecified atom stereocenters. The molecular formula is C19H19N5O2. The van der Waals surface area contributed by atoms with Gasteiger partial charge >= 0.3 is 0 Å². The Bertz CT molecular complexity index is 944. The zero-order valence-corrected chi connectivity index (χ0v) is 14.2. The topological polar surface area (TPSA) is 88.4 Å². The van der Waals surface area contributed by atoms with E-state index in [4.69, 9.17) is 0 Å². The number of fused-ring (bicyclic) bond motifs is 1. The van der Waals surface area contributed by atoms with Crippen molar-refractivity contribution in [1.82, 2.24) is 19.7 Å². The maximum absolute atomic E-state index is 12.1. The second-order valence-electron chi connectivity index (χ2n) is 6.32. The third kappa shape index (κ3) is 3.28. The van der Waals surface area contributed by atoms with Crippen LogP contribution in [-0.4, -0.2) is 39.1 Å². The van der Waals surface area contributed by atoms with Gasteiger partial charge in [0.1, 0.15) is 6.29 Å². The molecule has 1 aromatic carbocycles. The normalized spacial score (nSPS) is 13.5. The summed E-state index contributed by atoms with van der Waals surface area (Å²) in [6, 6.07) is 7.85. The standard InChI is InChI=1S/C19H19N5O2/c25-11-1-8-20-17-18-22-12-16(24(18)10-9-21-17)13-2-4-14(5-3-13)19(26)23-15-6-7-15/h2-5,9-12,15H,1,6-8H2,(H,20,21)(H,23,26). The number of amides is 1. The summed E-state index contributed by atoms with van der Waals surface area (Å²) in [7, 11) is 0. The molecule has 7 heteroatoms. The molecular weight excluding hydrogens is 330 g/mol. The molecule has 0 saturated heterocycles. The molecule has 0 aliphatic heterocycles. The highest BCUT2D eigenvalue weighted by Crippen LogP contribution is 2.24. The number of aldehydes is 1. The summed E-state index contributed by atoms with van der Waals surface area (Å²) in [5.74, 6) is 0.615. The first-order valence-electron chi connectivity index (χ1n) is 8.67. The summed E-state index contributed by atoms with van der Waals surface area (Å²) < 4.78 is 1.94. The number of aromatic nitrogens is 3. The zero-order valence-electron chi connectivity index (χ0n) is 14.2. The number of anilines is 1. The van der Waals surface area contributed by atoms with Gasteiger partial charge < -0.3 is 15.4 Å². The van der Waals surface area contributed by atoms with Gasteiger partial charge in [0.2, 0.25) is 0 Å². The number of nitrogens with one attached hydrogen (secondary N) is 2. The zero-order chi connectivity index (χ0) is 17.9. The minimum atomic E-state index is -0.0249. The Labute approximate surface area is 150 Å². The molecule has 1 fully saturated rings. The van der Waals surface area contributed by atoms with E-state index in [9.17, 15) is 9.59 Å². The molecule has 1 saturated carbocycles. The van der Waals surface area contributed by atoms with Gasteiger partial charge in [0, 0.05) is 42.5 Å². The van der Waals surface area contributed by atoms with Crippen LogP contribution in [-0.2, 0) is 4.79 Å². The second kappa shape index (κ2) is 6.95. The first-order chi connectivity index (χ1) is 12.8. The fraction of sp³-hybridized carbons (Fsp3) is 0.263. The molecule has 0 bridgehead atoms. The van der Waals surface area contributed by atoms with Gasteiger partial charge in [0.05, 0.1) is 11.9 Å². The van der Waals surface area contributed by atoms with E-state index in [2.05, 4.69) is 20.6 Å². The van der Waals surface area contributed by atoms with Crippen molar-refractivity contribution in [3.63, 3.8) is 0 Å². The van der Waals surface area contributed by atoms with Crippen LogP contribution >= 0.6 is 0 Å². The molecule has 0 atom stereocenters. The number of hydrogen-bond acceptors (Lipinski definition) is 5. The Kier molecular flexibility index (Phi) is 4.35. The van der Waals surface area contributed by atoms with Crippen LogP contribution in [0.15, 0.2) is 42.9 Å². The predicted octanol–water partition coefficient (Wildman–Crippen LogP) is 2.29. The van der Waals surface area contributed by atoms with Gasteiger partial charge in [-0.3, -0.25) is 9.20 Å². The lowest BCUT2D eigenvalue weighted by molar-refractivity contribution is -0.107. The lowest BCUT2D eigenvalue weighted by atomic mass is 10.1. The van der Waals surface area contributed by atoms with E-state index in [0.29, 0.717) is 36.0 Å². The Hall–Kier alpha value is -3.22. The van der Waals surface area contributed by atoms with Crippen molar-refractivity contribution in [2.75, 3.05) is 11.9 Å². The lowest BCUT2D eigenvalue weighted by Gasteiger charge is -2.07. The van der Waals surface area contributed by atoms with E-state index in [-0.39, 0.29) is 5.91 Å². The first kappa shape index (κ1) is 16.3. The minimum Gasteiger partial charge on any atom is -0.367 e. The van der Waals surface area contributed by atoms with Crippen molar-refractivity contribution in [2.45, 2.75) is 25.3 Å². The van der Waals surface area contributed by atoms with E-state index in [1.807, 2.05) is 34.9 Å². The maximum Gasteiger partial charge on any atom is 0.251 e. The lowest BCUT2D eigenvalue weighted by Crippen LogP contribution is -2.25. The highest BCUT2D eigenvalue weighted by Gasteiger charge is 2.23. The monoisotopic (exact) mass is 349 g/mol. The second-order valence-corrected chi connectivity index (χ2v) is 6.32. The summed E-state index contributed by atoms with van der Waals surface area (Å²) in [4.78, 5) is 31.3. The average Bonchev–Trinajstić information content (AvgIpc) is 3.37. The van der Waals surface area contributed by atoms with Crippen molar-refractivity contribution in [3.8, 4) is 11.3 Å². The van der Waals surface area contributed by atoms with Gasteiger partial charge in [-0.25, -0.2) is 9.97 Å². The van der Waals surface area contributed by atoms with Crippen LogP contribution in [0.3, 0.4) is 0 Å². The van der Waals surface area contributed by atoms with Crippen LogP contribution < -0.4 is 10.6 Å². The number of benzene rings is 1. The highest BCUT2D eigenvalue weighted by molar-refractivity contribution is 5.95. The fourth-order valence-corrected chi connectivity index (χ4v) is 2.80. The number of nitrogens with zero attached hydrogens (tertiary/aromatic N) is 3. The maximum atomic E-state index is 12.1. The third-order valence-corrected chi connectivity index (χ3v) is 4.34. The van der Waals surface area contributed by atoms with Crippen molar-refractivity contribution < 1.29 is 9.59 Å². The molecule has 132 valence electrons. The van der Waals surface area contributed by atoms with Crippen LogP contribution in [0.2, 0.25) is 0 Å². The minimum absolute atomic E-state index is 0.0249. The highest BCUT2D eigenvalue weighted by atomic mass is 16.1. The van der Waals surface area contributed by atoms with Crippen LogP contribution in [0.5, 0.6) is 0 Å². The largest absolute Gasteiger partial charge is 0.367 e. The molecule has 0 radical (unpaired) electrons. The molecule has 26 heavy (non-hydrogen) atoms. The number of rotatable bonds is 7. The van der Waals surface area contributed by atoms with Crippen molar-refractivity contribution in [2.24, 2.45) is 0 Å². The Balaban J connectivity index is 1.59. The van der Waals surface area contributed by atoms with E-state index in [0.717, 1.165) is 30.4 Å². The van der Waals surface area contributed by atoms with Crippen LogP contribution in [0.4, 0.5) is 5.82 Å². The molecule has 2 aromatic heterocycles. The summed E-state index contributed by atoms with van der Waals surface area (Å²) >= 11 is 0. The number of carbonyl (C=O) groups is 2. The average molecular weight is 349 g/mol. The Morgan fingerprint density at radius 2 is 2.04 bits per heavy atom. The van der Waals surface area contributed by atoms with Gasteiger partial charge in [-0.2, -0.15) is 0 Å². The molecule has 4 rings (SSSR count). The summed E-state index contributed by atoms with van der Waals surface area (Å²) in [6.07, 6.45) is 8.74. The van der Waals surface area contributed by atoms with E-state index < -0.39 is 0 Å². The van der Waals surface area contributed by atoms with Gasteiger partial charge in [-0.1, -0.05) is 12.1 Å². The molecule has 1 amide bonds. The summed E-state index contributed by atoms with van der Waals surface area (Å²) in [5, 5.41) is 6.11. The summed E-state index contributed by atoms with van der Waals surface area (Å²) in [6.45, 7) is 0.517. The van der Waals surface area contributed by atoms with Gasteiger partial charge in [-0.15, -0.1) is 0 Å². The quantitative estimate of drug-likeness (QED) is 0.505. The molecule has 2 N–H and O–H groups in total. The fourth-order valence-electron chi connectivity index (χ4n) is 2.80. The van der Waals surface area contributed by atoms with E-state index in [1.165, 1.54) is 0 Å². The Morgan fingerprint density at radius 1 is 1.23 bits per heavy atom. The van der Waals surface area contributed by atoms with Gasteiger partial charge in [0.25, 0.3) is 5.91 Å². The third-order valence-electron chi connectivity index (χ3n) is 4.34. The SMILES string of the molecule is O=CCCNc1nccn2c(-c3ccc(C(=O)NC4CC4)cc3)cnc12. The van der Waals surface area contributed by atoms with Gasteiger partial charge in [-0.05, 0) is 25.0 Å². The van der Waals surface area contributed by atoms with Crippen LogP contribution in [0, 0.1) is 0 Å². The van der Waals surface area contributed by atoms with Crippen LogP contribution in [0.25, 0.3) is 16.9 Å². The number of imidazole rings is 1. The smallest absolute Gasteiger partial charge is 0.251 e. The first-order valence-corrected chi connectivity index (χ1v) is 8.67. The molecule has 0 spiro atoms. The van der Waals surface area contributed by atoms with E-state index in [1.54, 1.807) is 12.4 Å². The molecule has 1 aliphatic carbocycles. The Morgan fingerprint density at radius 3 is 2.77 bits per heavy atom. The van der Waals surface area contributed by atoms with Crippen LogP contribution in [0.1, 0.15) is 29.6 Å². The number of carbonyl (C=O) groups excluding carboxylic acids is 2. The van der Waals surface area contributed by atoms with Gasteiger partial charge in [0.15, 0.2) is 11.5 Å². The number of hydrogen-bond donors (Lipinski definition) is 2. The summed E-state index contributed by atoms with van der Waals surface area (Å²) in [5.41, 5.74) is 3.23.